The van der Waals surface area contributed by atoms with Crippen molar-refractivity contribution in [3.63, 3.8) is 0 Å². The van der Waals surface area contributed by atoms with Crippen LogP contribution in [-0.4, -0.2) is 0 Å². The topological polar surface area (TPSA) is 0 Å². The lowest BCUT2D eigenvalue weighted by atomic mass is 9.98. The van der Waals surface area contributed by atoms with E-state index in [4.69, 9.17) is 0 Å². The van der Waals surface area contributed by atoms with Gasteiger partial charge in [0.05, 0.1) is 5.56 Å². The van der Waals surface area contributed by atoms with E-state index in [1.54, 1.807) is 13.8 Å². The molecule has 0 radical (unpaired) electrons. The minimum atomic E-state index is -4.29. The summed E-state index contributed by atoms with van der Waals surface area (Å²) < 4.78 is 37.1. The maximum Gasteiger partial charge on any atom is 0.417 e. The van der Waals surface area contributed by atoms with Gasteiger partial charge in [0.2, 0.25) is 0 Å². The predicted molar refractivity (Wildman–Crippen MR) is 43.2 cm³/mol. The van der Waals surface area contributed by atoms with Gasteiger partial charge in [0, 0.05) is 6.07 Å². The molecule has 0 aliphatic carbocycles. The van der Waals surface area contributed by atoms with Gasteiger partial charge in [-0.15, -0.1) is 0 Å². The van der Waals surface area contributed by atoms with Crippen LogP contribution in [0.3, 0.4) is 0 Å². The highest BCUT2D eigenvalue weighted by Crippen LogP contribution is 2.33. The summed E-state index contributed by atoms with van der Waals surface area (Å²) in [6.45, 7) is 3.44. The summed E-state index contributed by atoms with van der Waals surface area (Å²) in [6.07, 6.45) is -4.29. The predicted octanol–water partition coefficient (Wildman–Crippen LogP) is 3.43. The van der Waals surface area contributed by atoms with E-state index in [1.165, 1.54) is 6.07 Å². The first-order chi connectivity index (χ1) is 5.93. The van der Waals surface area contributed by atoms with Gasteiger partial charge in [0.1, 0.15) is 0 Å². The molecule has 0 aliphatic heterocycles. The Labute approximate surface area is 75.4 Å². The van der Waals surface area contributed by atoms with E-state index in [2.05, 4.69) is 12.1 Å². The summed E-state index contributed by atoms with van der Waals surface area (Å²) in [5.41, 5.74) is -0.340. The van der Waals surface area contributed by atoms with Crippen molar-refractivity contribution in [3.05, 3.63) is 35.4 Å². The Morgan fingerprint density at radius 1 is 1.15 bits per heavy atom. The summed E-state index contributed by atoms with van der Waals surface area (Å²) >= 11 is 0. The molecular formula is C10H9F3. The average Bonchev–Trinajstić information content (AvgIpc) is 2.03. The van der Waals surface area contributed by atoms with Crippen LogP contribution in [-0.2, 0) is 6.18 Å². The van der Waals surface area contributed by atoms with Crippen LogP contribution >= 0.6 is 0 Å². The molecule has 0 amide bonds. The van der Waals surface area contributed by atoms with E-state index in [1.807, 2.05) is 0 Å². The minimum Gasteiger partial charge on any atom is -0.166 e. The number of hydrogen-bond donors (Lipinski definition) is 0. The zero-order valence-electron chi connectivity index (χ0n) is 7.37. The van der Waals surface area contributed by atoms with Gasteiger partial charge in [-0.1, -0.05) is 26.0 Å². The molecule has 1 rings (SSSR count). The van der Waals surface area contributed by atoms with E-state index < -0.39 is 11.7 Å². The van der Waals surface area contributed by atoms with Gasteiger partial charge in [0.25, 0.3) is 0 Å². The van der Waals surface area contributed by atoms with Crippen LogP contribution in [0.2, 0.25) is 0 Å². The molecule has 70 valence electrons. The van der Waals surface area contributed by atoms with Crippen molar-refractivity contribution in [2.75, 3.05) is 0 Å². The molecule has 0 aliphatic rings. The molecule has 0 aromatic heterocycles. The minimum absolute atomic E-state index is 0.150. The third-order valence-electron chi connectivity index (χ3n) is 1.77. The van der Waals surface area contributed by atoms with Crippen LogP contribution in [0.25, 0.3) is 0 Å². The lowest BCUT2D eigenvalue weighted by Crippen LogP contribution is -2.09. The number of alkyl halides is 3. The van der Waals surface area contributed by atoms with Crippen LogP contribution < -0.4 is 0 Å². The second-order valence-electron chi connectivity index (χ2n) is 3.10. The lowest BCUT2D eigenvalue weighted by Gasteiger charge is -2.12. The molecule has 0 saturated heterocycles. The van der Waals surface area contributed by atoms with Crippen LogP contribution in [0.4, 0.5) is 13.2 Å². The lowest BCUT2D eigenvalue weighted by molar-refractivity contribution is -0.138. The molecule has 0 spiro atoms. The van der Waals surface area contributed by atoms with Gasteiger partial charge in [0.15, 0.2) is 0 Å². The van der Waals surface area contributed by atoms with Crippen molar-refractivity contribution in [2.45, 2.75) is 25.9 Å². The van der Waals surface area contributed by atoms with Crippen molar-refractivity contribution < 1.29 is 13.2 Å². The summed E-state index contributed by atoms with van der Waals surface area (Å²) in [7, 11) is 0. The molecule has 3 heteroatoms. The van der Waals surface area contributed by atoms with Gasteiger partial charge in [-0.25, -0.2) is 0 Å². The zero-order chi connectivity index (χ0) is 10.1. The van der Waals surface area contributed by atoms with Gasteiger partial charge >= 0.3 is 6.18 Å². The van der Waals surface area contributed by atoms with Crippen molar-refractivity contribution in [2.24, 2.45) is 0 Å². The molecule has 0 N–H and O–H groups in total. The van der Waals surface area contributed by atoms with E-state index in [0.29, 0.717) is 0 Å². The Kier molecular flexibility index (Phi) is 2.51. The average molecular weight is 186 g/mol. The summed E-state index contributed by atoms with van der Waals surface area (Å²) in [5, 5.41) is 0. The highest BCUT2D eigenvalue weighted by molar-refractivity contribution is 5.29. The highest BCUT2D eigenvalue weighted by Gasteiger charge is 2.33. The van der Waals surface area contributed by atoms with Crippen LogP contribution in [0.1, 0.15) is 30.9 Å². The molecule has 0 fully saturated rings. The number of rotatable bonds is 1. The quantitative estimate of drug-likeness (QED) is 0.630. The summed E-state index contributed by atoms with van der Waals surface area (Å²) in [4.78, 5) is 0. The molecule has 0 heterocycles. The first-order valence-electron chi connectivity index (χ1n) is 3.92. The van der Waals surface area contributed by atoms with Crippen LogP contribution in [0.5, 0.6) is 0 Å². The fraction of sp³-hybridized carbons (Fsp3) is 0.400. The first-order valence-corrected chi connectivity index (χ1v) is 3.92. The number of hydrogen-bond acceptors (Lipinski definition) is 0. The van der Waals surface area contributed by atoms with Crippen molar-refractivity contribution in [3.8, 4) is 0 Å². The van der Waals surface area contributed by atoms with Crippen molar-refractivity contribution in [1.29, 1.82) is 0 Å². The molecule has 0 bridgehead atoms. The van der Waals surface area contributed by atoms with Gasteiger partial charge in [-0.05, 0) is 17.5 Å². The van der Waals surface area contributed by atoms with Crippen molar-refractivity contribution >= 4 is 0 Å². The summed E-state index contributed by atoms with van der Waals surface area (Å²) in [6, 6.07) is 7.13. The summed E-state index contributed by atoms with van der Waals surface area (Å²) in [5.74, 6) is -0.150. The molecule has 1 aromatic rings. The third-order valence-corrected chi connectivity index (χ3v) is 1.77. The molecule has 0 saturated carbocycles. The zero-order valence-corrected chi connectivity index (χ0v) is 7.37. The maximum absolute atomic E-state index is 12.4. The van der Waals surface area contributed by atoms with E-state index in [9.17, 15) is 13.2 Å². The van der Waals surface area contributed by atoms with E-state index in [-0.39, 0.29) is 11.5 Å². The van der Waals surface area contributed by atoms with E-state index in [0.717, 1.165) is 6.07 Å². The second kappa shape index (κ2) is 3.29. The smallest absolute Gasteiger partial charge is 0.166 e. The molecule has 13 heavy (non-hydrogen) atoms. The van der Waals surface area contributed by atoms with Gasteiger partial charge < -0.3 is 0 Å². The fourth-order valence-corrected chi connectivity index (χ4v) is 1.12. The van der Waals surface area contributed by atoms with Gasteiger partial charge in [-0.3, -0.25) is 0 Å². The Morgan fingerprint density at radius 3 is 2.08 bits per heavy atom. The number of halogens is 3. The van der Waals surface area contributed by atoms with Gasteiger partial charge in [-0.2, -0.15) is 13.2 Å². The molecule has 1 aromatic carbocycles. The SMILES string of the molecule is CC(C)c1cc#ccc1C(F)(F)F. The largest absolute Gasteiger partial charge is 0.417 e. The molecular weight excluding hydrogens is 177 g/mol. The Hall–Kier alpha value is -1.17. The first kappa shape index (κ1) is 9.91. The Balaban J connectivity index is 3.20. The maximum atomic E-state index is 12.4. The molecule has 0 atom stereocenters. The third kappa shape index (κ3) is 2.15. The Morgan fingerprint density at radius 2 is 1.69 bits per heavy atom. The van der Waals surface area contributed by atoms with Crippen LogP contribution in [0, 0.1) is 12.1 Å². The fourth-order valence-electron chi connectivity index (χ4n) is 1.12. The highest BCUT2D eigenvalue weighted by atomic mass is 19.4. The standard InChI is InChI=1S/C10H9F3/c1-7(2)8-5-3-4-6-9(8)10(11,12)13/h5-7H,1-2H3. The monoisotopic (exact) mass is 186 g/mol. The van der Waals surface area contributed by atoms with Crippen molar-refractivity contribution in [1.82, 2.24) is 0 Å². The van der Waals surface area contributed by atoms with E-state index >= 15 is 0 Å². The van der Waals surface area contributed by atoms with Crippen LogP contribution in [0.15, 0.2) is 12.1 Å². The molecule has 0 nitrogen and oxygen atoms in total. The second-order valence-corrected chi connectivity index (χ2v) is 3.10. The molecule has 0 unspecified atom stereocenters. The Bertz CT molecular complexity index is 286. The normalized spacial score (nSPS) is 11.5.